The Morgan fingerprint density at radius 3 is 2.73 bits per heavy atom. The van der Waals surface area contributed by atoms with Crippen LogP contribution in [0.3, 0.4) is 0 Å². The van der Waals surface area contributed by atoms with E-state index in [0.717, 1.165) is 36.3 Å². The number of aryl methyl sites for hydroxylation is 1. The fraction of sp³-hybridized carbons (Fsp3) is 0.556. The zero-order chi connectivity index (χ0) is 17.5. The smallest absolute Gasteiger partial charge is 0.191 e. The second-order valence-corrected chi connectivity index (χ2v) is 6.51. The molecule has 1 aliphatic rings. The van der Waals surface area contributed by atoms with Gasteiger partial charge in [-0.1, -0.05) is 18.9 Å². The molecule has 1 saturated carbocycles. The Morgan fingerprint density at radius 1 is 1.27 bits per heavy atom. The summed E-state index contributed by atoms with van der Waals surface area (Å²) in [4.78, 5) is 9.08. The molecular formula is C18H28IN7. The van der Waals surface area contributed by atoms with E-state index in [1.807, 2.05) is 42.9 Å². The summed E-state index contributed by atoms with van der Waals surface area (Å²) in [6, 6.07) is 6.52. The molecule has 0 atom stereocenters. The van der Waals surface area contributed by atoms with E-state index < -0.39 is 0 Å². The van der Waals surface area contributed by atoms with Crippen LogP contribution in [0.15, 0.2) is 29.4 Å². The number of pyridine rings is 1. The van der Waals surface area contributed by atoms with Gasteiger partial charge in [0.1, 0.15) is 12.4 Å². The molecule has 26 heavy (non-hydrogen) atoms. The highest BCUT2D eigenvalue weighted by Gasteiger charge is 2.16. The van der Waals surface area contributed by atoms with Crippen molar-refractivity contribution in [2.45, 2.75) is 51.6 Å². The van der Waals surface area contributed by atoms with Crippen LogP contribution in [0.4, 0.5) is 0 Å². The molecule has 2 aromatic heterocycles. The molecule has 7 nitrogen and oxygen atoms in total. The Labute approximate surface area is 172 Å². The van der Waals surface area contributed by atoms with Gasteiger partial charge in [0.2, 0.25) is 0 Å². The van der Waals surface area contributed by atoms with Crippen molar-refractivity contribution in [1.82, 2.24) is 30.4 Å². The third kappa shape index (κ3) is 5.93. The average Bonchev–Trinajstić information content (AvgIpc) is 3.25. The van der Waals surface area contributed by atoms with Crippen molar-refractivity contribution in [2.24, 2.45) is 12.0 Å². The summed E-state index contributed by atoms with van der Waals surface area (Å²) in [5, 5.41) is 15.3. The quantitative estimate of drug-likeness (QED) is 0.386. The fourth-order valence-corrected chi connectivity index (χ4v) is 3.01. The molecule has 2 N–H and O–H groups in total. The van der Waals surface area contributed by atoms with Gasteiger partial charge in [-0.05, 0) is 31.9 Å². The number of hydrogen-bond acceptors (Lipinski definition) is 4. The van der Waals surface area contributed by atoms with Crippen molar-refractivity contribution in [3.05, 3.63) is 41.7 Å². The lowest BCUT2D eigenvalue weighted by molar-refractivity contribution is 0.609. The summed E-state index contributed by atoms with van der Waals surface area (Å²) in [5.74, 6) is 2.62. The lowest BCUT2D eigenvalue weighted by Crippen LogP contribution is -2.43. The first-order chi connectivity index (χ1) is 12.2. The molecule has 0 bridgehead atoms. The molecule has 1 aliphatic carbocycles. The molecule has 2 heterocycles. The van der Waals surface area contributed by atoms with Crippen molar-refractivity contribution < 1.29 is 0 Å². The Morgan fingerprint density at radius 2 is 2.08 bits per heavy atom. The molecule has 2 aromatic rings. The normalized spacial score (nSPS) is 14.9. The number of hydrogen-bond donors (Lipinski definition) is 2. The van der Waals surface area contributed by atoms with Gasteiger partial charge in [-0.2, -0.15) is 0 Å². The minimum atomic E-state index is 0. The first kappa shape index (κ1) is 20.6. The van der Waals surface area contributed by atoms with Crippen molar-refractivity contribution in [3.63, 3.8) is 0 Å². The number of rotatable bonds is 6. The summed E-state index contributed by atoms with van der Waals surface area (Å²) in [6.45, 7) is 3.26. The highest BCUT2D eigenvalue weighted by molar-refractivity contribution is 14.0. The van der Waals surface area contributed by atoms with Gasteiger partial charge in [0, 0.05) is 37.9 Å². The van der Waals surface area contributed by atoms with Crippen LogP contribution >= 0.6 is 24.0 Å². The predicted octanol–water partition coefficient (Wildman–Crippen LogP) is 2.36. The largest absolute Gasteiger partial charge is 0.356 e. The number of aromatic nitrogens is 4. The summed E-state index contributed by atoms with van der Waals surface area (Å²) in [6.07, 6.45) is 7.71. The maximum Gasteiger partial charge on any atom is 0.191 e. The molecule has 3 rings (SSSR count). The van der Waals surface area contributed by atoms with Crippen molar-refractivity contribution >= 4 is 29.9 Å². The molecular weight excluding hydrogens is 441 g/mol. The van der Waals surface area contributed by atoms with E-state index >= 15 is 0 Å². The molecule has 142 valence electrons. The minimum absolute atomic E-state index is 0. The highest BCUT2D eigenvalue weighted by Crippen LogP contribution is 2.17. The highest BCUT2D eigenvalue weighted by atomic mass is 127. The van der Waals surface area contributed by atoms with Crippen LogP contribution < -0.4 is 10.6 Å². The summed E-state index contributed by atoms with van der Waals surface area (Å²) >= 11 is 0. The molecule has 0 spiro atoms. The van der Waals surface area contributed by atoms with Crippen molar-refractivity contribution in [2.75, 3.05) is 6.54 Å². The lowest BCUT2D eigenvalue weighted by Gasteiger charge is -2.17. The third-order valence-corrected chi connectivity index (χ3v) is 4.66. The lowest BCUT2D eigenvalue weighted by atomic mass is 10.2. The van der Waals surface area contributed by atoms with Crippen LogP contribution in [-0.4, -0.2) is 38.3 Å². The average molecular weight is 469 g/mol. The maximum atomic E-state index is 4.71. The Hall–Kier alpha value is -1.71. The topological polar surface area (TPSA) is 80.0 Å². The van der Waals surface area contributed by atoms with Gasteiger partial charge in [0.05, 0.1) is 0 Å². The van der Waals surface area contributed by atoms with E-state index in [2.05, 4.69) is 25.8 Å². The number of halogens is 1. The second-order valence-electron chi connectivity index (χ2n) is 6.51. The van der Waals surface area contributed by atoms with Crippen LogP contribution in [-0.2, 0) is 20.0 Å². The maximum absolute atomic E-state index is 4.71. The van der Waals surface area contributed by atoms with Crippen LogP contribution in [0, 0.1) is 6.92 Å². The van der Waals surface area contributed by atoms with Gasteiger partial charge < -0.3 is 15.2 Å². The predicted molar refractivity (Wildman–Crippen MR) is 114 cm³/mol. The number of nitrogens with one attached hydrogen (secondary N) is 2. The summed E-state index contributed by atoms with van der Waals surface area (Å²) in [7, 11) is 1.97. The fourth-order valence-electron chi connectivity index (χ4n) is 3.01. The SMILES string of the molecule is Cc1nnc(CN=C(NCCc2ccccn2)NC2CCCC2)n1C.I. The summed E-state index contributed by atoms with van der Waals surface area (Å²) in [5.41, 5.74) is 1.08. The Bertz CT molecular complexity index is 693. The molecule has 0 unspecified atom stereocenters. The van der Waals surface area contributed by atoms with E-state index in [-0.39, 0.29) is 24.0 Å². The number of nitrogens with zero attached hydrogens (tertiary/aromatic N) is 5. The number of aliphatic imine (C=N–C) groups is 1. The summed E-state index contributed by atoms with van der Waals surface area (Å²) < 4.78 is 1.98. The van der Waals surface area contributed by atoms with E-state index in [1.165, 1.54) is 25.7 Å². The standard InChI is InChI=1S/C18H27N7.HI/c1-14-23-24-17(25(14)2)13-21-18(22-16-8-3-4-9-16)20-12-10-15-7-5-6-11-19-15;/h5-7,11,16H,3-4,8-10,12-13H2,1-2H3,(H2,20,21,22);1H. The van der Waals surface area contributed by atoms with E-state index in [9.17, 15) is 0 Å². The second kappa shape index (κ2) is 10.4. The zero-order valence-corrected chi connectivity index (χ0v) is 17.8. The molecule has 0 aromatic carbocycles. The van der Waals surface area contributed by atoms with Gasteiger partial charge in [-0.15, -0.1) is 34.2 Å². The van der Waals surface area contributed by atoms with Gasteiger partial charge in [0.15, 0.2) is 11.8 Å². The van der Waals surface area contributed by atoms with E-state index in [1.54, 1.807) is 0 Å². The zero-order valence-electron chi connectivity index (χ0n) is 15.5. The molecule has 0 amide bonds. The first-order valence-corrected chi connectivity index (χ1v) is 9.02. The van der Waals surface area contributed by atoms with Crippen LogP contribution in [0.1, 0.15) is 43.0 Å². The van der Waals surface area contributed by atoms with E-state index in [4.69, 9.17) is 4.99 Å². The van der Waals surface area contributed by atoms with Crippen LogP contribution in [0.25, 0.3) is 0 Å². The van der Waals surface area contributed by atoms with Crippen LogP contribution in [0.2, 0.25) is 0 Å². The monoisotopic (exact) mass is 469 g/mol. The Kier molecular flexibility index (Phi) is 8.27. The van der Waals surface area contributed by atoms with Gasteiger partial charge in [-0.25, -0.2) is 4.99 Å². The van der Waals surface area contributed by atoms with Crippen LogP contribution in [0.5, 0.6) is 0 Å². The molecule has 8 heteroatoms. The molecule has 0 aliphatic heterocycles. The first-order valence-electron chi connectivity index (χ1n) is 9.02. The molecule has 1 fully saturated rings. The van der Waals surface area contributed by atoms with Gasteiger partial charge in [0.25, 0.3) is 0 Å². The minimum Gasteiger partial charge on any atom is -0.356 e. The molecule has 0 saturated heterocycles. The van der Waals surface area contributed by atoms with Gasteiger partial charge >= 0.3 is 0 Å². The van der Waals surface area contributed by atoms with E-state index in [0.29, 0.717) is 12.6 Å². The Balaban J connectivity index is 0.00000243. The van der Waals surface area contributed by atoms with Gasteiger partial charge in [-0.3, -0.25) is 4.98 Å². The number of guanidine groups is 1. The molecule has 0 radical (unpaired) electrons. The van der Waals surface area contributed by atoms with Crippen molar-refractivity contribution in [3.8, 4) is 0 Å². The van der Waals surface area contributed by atoms with Crippen molar-refractivity contribution in [1.29, 1.82) is 0 Å². The third-order valence-electron chi connectivity index (χ3n) is 4.66.